The van der Waals surface area contributed by atoms with Crippen LogP contribution in [0.1, 0.15) is 18.4 Å². The Labute approximate surface area is 169 Å². The average Bonchev–Trinajstić information content (AvgIpc) is 2.79. The highest BCUT2D eigenvalue weighted by Gasteiger charge is 2.26. The fraction of sp³-hybridized carbons (Fsp3) is 0.261. The largest absolute Gasteiger partial charge is 0.356 e. The molecular weight excluding hydrogens is 367 g/mol. The molecule has 1 aliphatic heterocycles. The monoisotopic (exact) mass is 390 g/mol. The van der Waals surface area contributed by atoms with Crippen molar-refractivity contribution < 1.29 is 9.18 Å². The van der Waals surface area contributed by atoms with E-state index in [4.69, 9.17) is 4.98 Å². The molecule has 0 bridgehead atoms. The van der Waals surface area contributed by atoms with E-state index in [1.807, 2.05) is 36.4 Å². The Bertz CT molecular complexity index is 962. The van der Waals surface area contributed by atoms with E-state index in [1.54, 1.807) is 18.3 Å². The minimum atomic E-state index is -0.275. The third-order valence-corrected chi connectivity index (χ3v) is 5.17. The Morgan fingerprint density at radius 1 is 1.10 bits per heavy atom. The van der Waals surface area contributed by atoms with E-state index in [2.05, 4.69) is 15.2 Å². The van der Waals surface area contributed by atoms with Crippen molar-refractivity contribution in [3.05, 3.63) is 78.2 Å². The van der Waals surface area contributed by atoms with Crippen LogP contribution in [0.2, 0.25) is 0 Å². The van der Waals surface area contributed by atoms with Gasteiger partial charge in [0.25, 0.3) is 0 Å². The van der Waals surface area contributed by atoms with Gasteiger partial charge in [0.15, 0.2) is 5.82 Å². The first-order valence-electron chi connectivity index (χ1n) is 9.84. The molecule has 29 heavy (non-hydrogen) atoms. The summed E-state index contributed by atoms with van der Waals surface area (Å²) in [6, 6.07) is 18.0. The van der Waals surface area contributed by atoms with Gasteiger partial charge in [0.2, 0.25) is 5.91 Å². The van der Waals surface area contributed by atoms with Crippen molar-refractivity contribution >= 4 is 11.7 Å². The van der Waals surface area contributed by atoms with Gasteiger partial charge in [-0.25, -0.2) is 14.4 Å². The molecule has 0 spiro atoms. The molecule has 5 nitrogen and oxygen atoms in total. The lowest BCUT2D eigenvalue weighted by atomic mass is 9.97. The SMILES string of the molecule is O=C(NCc1ccc(F)cc1)C1CCCN(c2ccnc(-c3ccccc3)n2)C1. The minimum Gasteiger partial charge on any atom is -0.356 e. The average molecular weight is 390 g/mol. The number of anilines is 1. The Kier molecular flexibility index (Phi) is 5.79. The first-order valence-corrected chi connectivity index (χ1v) is 9.84. The molecule has 3 aromatic rings. The third kappa shape index (κ3) is 4.77. The molecule has 2 aromatic carbocycles. The van der Waals surface area contributed by atoms with E-state index in [0.29, 0.717) is 18.9 Å². The van der Waals surface area contributed by atoms with E-state index >= 15 is 0 Å². The van der Waals surface area contributed by atoms with Crippen LogP contribution in [0, 0.1) is 11.7 Å². The first kappa shape index (κ1) is 19.1. The summed E-state index contributed by atoms with van der Waals surface area (Å²) in [6.45, 7) is 1.90. The van der Waals surface area contributed by atoms with Crippen molar-refractivity contribution in [1.29, 1.82) is 0 Å². The van der Waals surface area contributed by atoms with Crippen LogP contribution >= 0.6 is 0 Å². The lowest BCUT2D eigenvalue weighted by Gasteiger charge is -2.33. The topological polar surface area (TPSA) is 58.1 Å². The summed E-state index contributed by atoms with van der Waals surface area (Å²) in [5.41, 5.74) is 1.86. The number of hydrogen-bond donors (Lipinski definition) is 1. The number of aromatic nitrogens is 2. The van der Waals surface area contributed by atoms with Crippen molar-refractivity contribution in [2.45, 2.75) is 19.4 Å². The predicted octanol–water partition coefficient (Wildman–Crippen LogP) is 3.82. The Morgan fingerprint density at radius 2 is 1.90 bits per heavy atom. The molecule has 1 N–H and O–H groups in total. The Hall–Kier alpha value is -3.28. The summed E-state index contributed by atoms with van der Waals surface area (Å²) in [6.07, 6.45) is 3.55. The molecule has 0 radical (unpaired) electrons. The van der Waals surface area contributed by atoms with Crippen LogP contribution in [-0.4, -0.2) is 29.0 Å². The van der Waals surface area contributed by atoms with Crippen molar-refractivity contribution in [2.75, 3.05) is 18.0 Å². The molecule has 1 saturated heterocycles. The van der Waals surface area contributed by atoms with Crippen LogP contribution < -0.4 is 10.2 Å². The summed E-state index contributed by atoms with van der Waals surface area (Å²) in [5.74, 6) is 1.18. The highest BCUT2D eigenvalue weighted by molar-refractivity contribution is 5.79. The van der Waals surface area contributed by atoms with Gasteiger partial charge in [-0.05, 0) is 36.6 Å². The predicted molar refractivity (Wildman–Crippen MR) is 111 cm³/mol. The van der Waals surface area contributed by atoms with E-state index in [9.17, 15) is 9.18 Å². The second-order valence-corrected chi connectivity index (χ2v) is 7.23. The Morgan fingerprint density at radius 3 is 2.69 bits per heavy atom. The number of halogens is 1. The molecule has 4 rings (SSSR count). The maximum Gasteiger partial charge on any atom is 0.225 e. The molecular formula is C23H23FN4O. The summed E-state index contributed by atoms with van der Waals surface area (Å²) >= 11 is 0. The van der Waals surface area contributed by atoms with Crippen LogP contribution in [0.4, 0.5) is 10.2 Å². The van der Waals surface area contributed by atoms with Gasteiger partial charge >= 0.3 is 0 Å². The van der Waals surface area contributed by atoms with Crippen LogP contribution in [0.5, 0.6) is 0 Å². The molecule has 148 valence electrons. The number of nitrogens with one attached hydrogen (secondary N) is 1. The number of amides is 1. The van der Waals surface area contributed by atoms with Gasteiger partial charge in [-0.1, -0.05) is 42.5 Å². The van der Waals surface area contributed by atoms with Gasteiger partial charge in [0.1, 0.15) is 11.6 Å². The molecule has 6 heteroatoms. The molecule has 2 heterocycles. The number of rotatable bonds is 5. The van der Waals surface area contributed by atoms with Crippen molar-refractivity contribution in [2.24, 2.45) is 5.92 Å². The van der Waals surface area contributed by atoms with Gasteiger partial charge in [-0.2, -0.15) is 0 Å². The summed E-state index contributed by atoms with van der Waals surface area (Å²) < 4.78 is 13.0. The fourth-order valence-corrected chi connectivity index (χ4v) is 3.59. The second kappa shape index (κ2) is 8.82. The zero-order valence-electron chi connectivity index (χ0n) is 16.1. The number of benzene rings is 2. The Balaban J connectivity index is 1.40. The lowest BCUT2D eigenvalue weighted by molar-refractivity contribution is -0.125. The van der Waals surface area contributed by atoms with Crippen molar-refractivity contribution in [3.8, 4) is 11.4 Å². The molecule has 0 saturated carbocycles. The normalized spacial score (nSPS) is 16.4. The molecule has 1 fully saturated rings. The van der Waals surface area contributed by atoms with Crippen LogP contribution in [0.3, 0.4) is 0 Å². The zero-order chi connectivity index (χ0) is 20.1. The smallest absolute Gasteiger partial charge is 0.225 e. The van der Waals surface area contributed by atoms with Crippen molar-refractivity contribution in [1.82, 2.24) is 15.3 Å². The van der Waals surface area contributed by atoms with Crippen molar-refractivity contribution in [3.63, 3.8) is 0 Å². The number of piperidine rings is 1. The fourth-order valence-electron chi connectivity index (χ4n) is 3.59. The number of hydrogen-bond acceptors (Lipinski definition) is 4. The van der Waals surface area contributed by atoms with E-state index in [1.165, 1.54) is 12.1 Å². The first-order chi connectivity index (χ1) is 14.2. The standard InChI is InChI=1S/C23H23FN4O/c24-20-10-8-17(9-11-20)15-26-23(29)19-7-4-14-28(16-19)21-12-13-25-22(27-21)18-5-2-1-3-6-18/h1-3,5-6,8-13,19H,4,7,14-16H2,(H,26,29). The van der Waals surface area contributed by atoms with E-state index in [0.717, 1.165) is 36.3 Å². The van der Waals surface area contributed by atoms with E-state index < -0.39 is 0 Å². The molecule has 1 amide bonds. The van der Waals surface area contributed by atoms with Crippen LogP contribution in [-0.2, 0) is 11.3 Å². The summed E-state index contributed by atoms with van der Waals surface area (Å²) in [7, 11) is 0. The molecule has 1 atom stereocenters. The van der Waals surface area contributed by atoms with Crippen LogP contribution in [0.15, 0.2) is 66.9 Å². The third-order valence-electron chi connectivity index (χ3n) is 5.17. The summed E-state index contributed by atoms with van der Waals surface area (Å²) in [5, 5.41) is 2.98. The maximum atomic E-state index is 13.0. The second-order valence-electron chi connectivity index (χ2n) is 7.23. The lowest BCUT2D eigenvalue weighted by Crippen LogP contribution is -2.43. The minimum absolute atomic E-state index is 0.0244. The van der Waals surface area contributed by atoms with Gasteiger partial charge in [-0.15, -0.1) is 0 Å². The highest BCUT2D eigenvalue weighted by Crippen LogP contribution is 2.24. The van der Waals surface area contributed by atoms with Gasteiger partial charge in [-0.3, -0.25) is 4.79 Å². The summed E-state index contributed by atoms with van der Waals surface area (Å²) in [4.78, 5) is 23.9. The zero-order valence-corrected chi connectivity index (χ0v) is 16.1. The quantitative estimate of drug-likeness (QED) is 0.720. The van der Waals surface area contributed by atoms with Gasteiger partial charge in [0.05, 0.1) is 5.92 Å². The number of carbonyl (C=O) groups excluding carboxylic acids is 1. The highest BCUT2D eigenvalue weighted by atomic mass is 19.1. The molecule has 1 unspecified atom stereocenters. The molecule has 1 aliphatic rings. The van der Waals surface area contributed by atoms with E-state index in [-0.39, 0.29) is 17.6 Å². The van der Waals surface area contributed by atoms with Gasteiger partial charge < -0.3 is 10.2 Å². The van der Waals surface area contributed by atoms with Gasteiger partial charge in [0, 0.05) is 31.4 Å². The van der Waals surface area contributed by atoms with Crippen LogP contribution in [0.25, 0.3) is 11.4 Å². The molecule has 1 aromatic heterocycles. The number of carbonyl (C=O) groups is 1. The molecule has 0 aliphatic carbocycles. The maximum absolute atomic E-state index is 13.0. The number of nitrogens with zero attached hydrogens (tertiary/aromatic N) is 3.